The number of carboxylic acid groups (broad SMARTS) is 1. The van der Waals surface area contributed by atoms with E-state index in [9.17, 15) is 24.3 Å². The molecule has 8 rings (SSSR count). The van der Waals surface area contributed by atoms with Crippen molar-refractivity contribution in [3.8, 4) is 33.6 Å². The van der Waals surface area contributed by atoms with Crippen LogP contribution in [0.4, 0.5) is 9.59 Å². The summed E-state index contributed by atoms with van der Waals surface area (Å²) in [6, 6.07) is 33.5. The normalized spacial score (nSPS) is 17.1. The van der Waals surface area contributed by atoms with Gasteiger partial charge in [0.05, 0.1) is 67.9 Å². The summed E-state index contributed by atoms with van der Waals surface area (Å²) in [5, 5.41) is 14.8. The molecular weight excluding hydrogens is 773 g/mol. The molecule has 61 heavy (non-hydrogen) atoms. The summed E-state index contributed by atoms with van der Waals surface area (Å²) in [7, 11) is 1.31. The van der Waals surface area contributed by atoms with Crippen LogP contribution in [0.25, 0.3) is 33.6 Å². The lowest BCUT2D eigenvalue weighted by molar-refractivity contribution is -0.133. The number of alkyl carbamates (subject to hydrolysis) is 1. The number of rotatable bonds is 13. The van der Waals surface area contributed by atoms with Crippen molar-refractivity contribution in [2.24, 2.45) is 0 Å². The van der Waals surface area contributed by atoms with Crippen LogP contribution in [0.5, 0.6) is 0 Å². The minimum atomic E-state index is -1.17. The van der Waals surface area contributed by atoms with Gasteiger partial charge in [0.15, 0.2) is 0 Å². The molecule has 5 N–H and O–H groups in total. The van der Waals surface area contributed by atoms with Crippen molar-refractivity contribution in [1.29, 1.82) is 0 Å². The molecule has 14 nitrogen and oxygen atoms in total. The fraction of sp³-hybridized carbons (Fsp3) is 0.277. The molecule has 312 valence electrons. The van der Waals surface area contributed by atoms with Crippen molar-refractivity contribution in [1.82, 2.24) is 40.4 Å². The van der Waals surface area contributed by atoms with E-state index in [4.69, 9.17) is 9.72 Å². The zero-order valence-corrected chi connectivity index (χ0v) is 33.8. The second kappa shape index (κ2) is 18.4. The molecule has 2 aromatic heterocycles. The van der Waals surface area contributed by atoms with E-state index in [1.165, 1.54) is 7.11 Å². The van der Waals surface area contributed by atoms with Gasteiger partial charge in [0.1, 0.15) is 11.6 Å². The molecule has 6 aromatic rings. The molecule has 1 unspecified atom stereocenters. The molecule has 4 atom stereocenters. The van der Waals surface area contributed by atoms with Crippen LogP contribution < -0.4 is 10.6 Å². The fourth-order valence-corrected chi connectivity index (χ4v) is 8.50. The van der Waals surface area contributed by atoms with Gasteiger partial charge >= 0.3 is 12.2 Å². The summed E-state index contributed by atoms with van der Waals surface area (Å²) in [6.07, 6.45) is 5.20. The van der Waals surface area contributed by atoms with Gasteiger partial charge in [-0.3, -0.25) is 9.59 Å². The van der Waals surface area contributed by atoms with Crippen LogP contribution in [0.15, 0.2) is 122 Å². The second-order valence-corrected chi connectivity index (χ2v) is 15.4. The Balaban J connectivity index is 0.895. The Morgan fingerprint density at radius 2 is 1.05 bits per heavy atom. The molecule has 0 radical (unpaired) electrons. The number of amides is 4. The molecule has 0 bridgehead atoms. The third kappa shape index (κ3) is 9.33. The number of hydrogen-bond acceptors (Lipinski definition) is 7. The van der Waals surface area contributed by atoms with Gasteiger partial charge < -0.3 is 40.2 Å². The zero-order valence-electron chi connectivity index (χ0n) is 33.8. The van der Waals surface area contributed by atoms with Gasteiger partial charge in [0, 0.05) is 13.1 Å². The van der Waals surface area contributed by atoms with E-state index < -0.39 is 24.3 Å². The molecule has 2 saturated heterocycles. The van der Waals surface area contributed by atoms with Crippen LogP contribution >= 0.6 is 0 Å². The van der Waals surface area contributed by atoms with Crippen LogP contribution in [0.2, 0.25) is 0 Å². The van der Waals surface area contributed by atoms with E-state index in [0.717, 1.165) is 76.3 Å². The zero-order chi connectivity index (χ0) is 42.3. The Kier molecular flexibility index (Phi) is 12.2. The number of benzene rings is 4. The quantitative estimate of drug-likeness (QED) is 0.0770. The van der Waals surface area contributed by atoms with Gasteiger partial charge in [0.2, 0.25) is 11.8 Å². The molecule has 0 spiro atoms. The molecule has 2 aliphatic heterocycles. The first-order valence-corrected chi connectivity index (χ1v) is 20.6. The van der Waals surface area contributed by atoms with Crippen LogP contribution in [0.3, 0.4) is 0 Å². The maximum atomic E-state index is 13.7. The predicted octanol–water partition coefficient (Wildman–Crippen LogP) is 8.35. The van der Waals surface area contributed by atoms with E-state index in [1.807, 2.05) is 83.9 Å². The Bertz CT molecular complexity index is 2450. The van der Waals surface area contributed by atoms with Crippen molar-refractivity contribution >= 4 is 24.0 Å². The van der Waals surface area contributed by atoms with E-state index in [1.54, 1.807) is 11.1 Å². The Morgan fingerprint density at radius 3 is 1.46 bits per heavy atom. The SMILES string of the molecule is COC(=O)N[C@H](CC(=O)N1CCCC1c1ncc(-c2ccc(-c3ccc(-c4cnc([C@@H]5CCCN5C(=O)C[C@@H](NC(=O)O)c5ccccc5)[nH]4)cc3)cc2)[nH]1)c1ccccc1. The number of H-pyrrole nitrogens is 2. The van der Waals surface area contributed by atoms with Crippen LogP contribution in [-0.2, 0) is 14.3 Å². The highest BCUT2D eigenvalue weighted by Crippen LogP contribution is 2.36. The number of likely N-dealkylation sites (tertiary alicyclic amines) is 2. The topological polar surface area (TPSA) is 186 Å². The third-order valence-electron chi connectivity index (χ3n) is 11.6. The maximum Gasteiger partial charge on any atom is 0.407 e. The van der Waals surface area contributed by atoms with Gasteiger partial charge in [-0.2, -0.15) is 0 Å². The lowest BCUT2D eigenvalue weighted by atomic mass is 10.0. The second-order valence-electron chi connectivity index (χ2n) is 15.4. The molecule has 4 heterocycles. The maximum absolute atomic E-state index is 13.7. The van der Waals surface area contributed by atoms with Crippen LogP contribution in [0, 0.1) is 0 Å². The fourth-order valence-electron chi connectivity index (χ4n) is 8.50. The highest BCUT2D eigenvalue weighted by Gasteiger charge is 2.35. The van der Waals surface area contributed by atoms with Gasteiger partial charge in [-0.15, -0.1) is 0 Å². The van der Waals surface area contributed by atoms with Gasteiger partial charge in [-0.1, -0.05) is 109 Å². The summed E-state index contributed by atoms with van der Waals surface area (Å²) in [6.45, 7) is 1.19. The Morgan fingerprint density at radius 1 is 0.639 bits per heavy atom. The first kappa shape index (κ1) is 40.6. The molecule has 0 aliphatic carbocycles. The van der Waals surface area contributed by atoms with E-state index in [-0.39, 0.29) is 36.7 Å². The van der Waals surface area contributed by atoms with Gasteiger partial charge in [-0.05, 0) is 59.1 Å². The largest absolute Gasteiger partial charge is 0.465 e. The Labute approximate surface area is 353 Å². The number of nitrogens with one attached hydrogen (secondary N) is 4. The average molecular weight is 821 g/mol. The smallest absolute Gasteiger partial charge is 0.407 e. The third-order valence-corrected chi connectivity index (χ3v) is 11.6. The first-order valence-electron chi connectivity index (χ1n) is 20.6. The summed E-state index contributed by atoms with van der Waals surface area (Å²) < 4.78 is 4.83. The van der Waals surface area contributed by atoms with Crippen LogP contribution in [-0.4, -0.2) is 79.0 Å². The minimum absolute atomic E-state index is 0.0173. The average Bonchev–Trinajstić information content (AvgIpc) is 4.14. The summed E-state index contributed by atoms with van der Waals surface area (Å²) in [5.74, 6) is 1.25. The summed E-state index contributed by atoms with van der Waals surface area (Å²) in [5.41, 5.74) is 7.30. The monoisotopic (exact) mass is 820 g/mol. The van der Waals surface area contributed by atoms with E-state index in [2.05, 4.69) is 62.0 Å². The highest BCUT2D eigenvalue weighted by atomic mass is 16.5. The van der Waals surface area contributed by atoms with Crippen molar-refractivity contribution in [3.63, 3.8) is 0 Å². The lowest BCUT2D eigenvalue weighted by Gasteiger charge is -2.26. The standard InChI is InChI=1S/C47H48N8O6/c1-61-47(60)53-37(33-12-6-3-7-13-33)27-43(57)55-25-9-15-41(55)45-49-29-39(51-45)35-22-18-31(19-23-35)30-16-20-34(21-17-30)38-28-48-44(50-38)40-14-8-24-54(40)42(56)26-36(52-46(58)59)32-10-4-2-5-11-32/h2-7,10-13,16-23,28-29,36-37,40-41,52H,8-9,14-15,24-27H2,1H3,(H,48,50)(H,49,51)(H,53,60)(H,58,59)/t36-,37-,40+,41?/m1/s1. The number of nitrogens with zero attached hydrogens (tertiary/aromatic N) is 4. The highest BCUT2D eigenvalue weighted by molar-refractivity contribution is 5.80. The molecule has 2 fully saturated rings. The first-order chi connectivity index (χ1) is 29.7. The number of aromatic amines is 2. The Hall–Kier alpha value is -7.22. The molecule has 4 aromatic carbocycles. The number of hydrogen-bond donors (Lipinski definition) is 5. The minimum Gasteiger partial charge on any atom is -0.465 e. The number of carbonyl (C=O) groups excluding carboxylic acids is 3. The molecule has 14 heteroatoms. The number of imidazole rings is 2. The van der Waals surface area contributed by atoms with E-state index in [0.29, 0.717) is 18.9 Å². The lowest BCUT2D eigenvalue weighted by Crippen LogP contribution is -2.36. The van der Waals surface area contributed by atoms with Crippen LogP contribution in [0.1, 0.15) is 85.5 Å². The number of carbonyl (C=O) groups is 4. The molecule has 2 aliphatic rings. The summed E-state index contributed by atoms with van der Waals surface area (Å²) in [4.78, 5) is 70.9. The van der Waals surface area contributed by atoms with E-state index >= 15 is 0 Å². The number of ether oxygens (including phenoxy) is 1. The van der Waals surface area contributed by atoms with Gasteiger partial charge in [0.25, 0.3) is 0 Å². The van der Waals surface area contributed by atoms with Crippen molar-refractivity contribution in [2.75, 3.05) is 20.2 Å². The van der Waals surface area contributed by atoms with Crippen molar-refractivity contribution in [2.45, 2.75) is 62.7 Å². The summed E-state index contributed by atoms with van der Waals surface area (Å²) >= 11 is 0. The number of aromatic nitrogens is 4. The van der Waals surface area contributed by atoms with Crippen molar-refractivity contribution in [3.05, 3.63) is 144 Å². The number of methoxy groups -OCH3 is 1. The van der Waals surface area contributed by atoms with Gasteiger partial charge in [-0.25, -0.2) is 19.6 Å². The van der Waals surface area contributed by atoms with Crippen molar-refractivity contribution < 1.29 is 29.0 Å². The molecular formula is C47H48N8O6. The molecule has 0 saturated carbocycles. The predicted molar refractivity (Wildman–Crippen MR) is 229 cm³/mol. The molecule has 4 amide bonds.